The highest BCUT2D eigenvalue weighted by Gasteiger charge is 2.15. The third kappa shape index (κ3) is 4.02. The van der Waals surface area contributed by atoms with Gasteiger partial charge in [0.05, 0.1) is 18.2 Å². The molecule has 0 fully saturated rings. The molecule has 1 aromatic rings. The van der Waals surface area contributed by atoms with E-state index in [1.54, 1.807) is 6.08 Å². The van der Waals surface area contributed by atoms with Gasteiger partial charge >= 0.3 is 0 Å². The van der Waals surface area contributed by atoms with Crippen LogP contribution in [-0.2, 0) is 6.54 Å². The minimum atomic E-state index is 0.561. The van der Waals surface area contributed by atoms with E-state index < -0.39 is 0 Å². The van der Waals surface area contributed by atoms with Crippen molar-refractivity contribution in [3.8, 4) is 11.5 Å². The number of ether oxygens (including phenoxy) is 2. The van der Waals surface area contributed by atoms with Crippen LogP contribution in [-0.4, -0.2) is 24.9 Å². The Bertz CT molecular complexity index is 508. The standard InChI is InChI=1S/C14H17ClN2O2S/c1-2-4-16-14(20)17-9-10-7-11(15)13-12(8-10)18-5-3-6-19-13/h2,7-8H,1,3-6,9H2,(H2,16,17,20). The van der Waals surface area contributed by atoms with Gasteiger partial charge in [0.25, 0.3) is 0 Å². The zero-order valence-electron chi connectivity index (χ0n) is 11.1. The summed E-state index contributed by atoms with van der Waals surface area (Å²) in [6, 6.07) is 3.79. The van der Waals surface area contributed by atoms with Crippen molar-refractivity contribution in [2.24, 2.45) is 0 Å². The van der Waals surface area contributed by atoms with E-state index >= 15 is 0 Å². The molecule has 20 heavy (non-hydrogen) atoms. The summed E-state index contributed by atoms with van der Waals surface area (Å²) in [6.45, 7) is 6.09. The lowest BCUT2D eigenvalue weighted by molar-refractivity contribution is 0.297. The second-order valence-corrected chi connectivity index (χ2v) is 5.12. The zero-order valence-corrected chi connectivity index (χ0v) is 12.6. The first kappa shape index (κ1) is 14.9. The smallest absolute Gasteiger partial charge is 0.179 e. The number of rotatable bonds is 4. The van der Waals surface area contributed by atoms with Crippen molar-refractivity contribution in [2.75, 3.05) is 19.8 Å². The molecule has 0 unspecified atom stereocenters. The van der Waals surface area contributed by atoms with Crippen LogP contribution in [0.25, 0.3) is 0 Å². The van der Waals surface area contributed by atoms with Gasteiger partial charge in [-0.1, -0.05) is 17.7 Å². The van der Waals surface area contributed by atoms with Gasteiger partial charge in [0.15, 0.2) is 16.6 Å². The number of halogens is 1. The molecule has 0 atom stereocenters. The summed E-state index contributed by atoms with van der Waals surface area (Å²) in [4.78, 5) is 0. The lowest BCUT2D eigenvalue weighted by Crippen LogP contribution is -2.34. The van der Waals surface area contributed by atoms with Gasteiger partial charge in [0.1, 0.15) is 0 Å². The summed E-state index contributed by atoms with van der Waals surface area (Å²) in [5.41, 5.74) is 0.988. The largest absolute Gasteiger partial charge is 0.489 e. The zero-order chi connectivity index (χ0) is 14.4. The minimum Gasteiger partial charge on any atom is -0.489 e. The fraction of sp³-hybridized carbons (Fsp3) is 0.357. The number of thiocarbonyl (C=S) groups is 1. The maximum absolute atomic E-state index is 6.22. The molecule has 108 valence electrons. The molecule has 0 aliphatic carbocycles. The highest BCUT2D eigenvalue weighted by molar-refractivity contribution is 7.80. The van der Waals surface area contributed by atoms with Gasteiger partial charge < -0.3 is 20.1 Å². The summed E-state index contributed by atoms with van der Waals surface area (Å²) < 4.78 is 11.2. The highest BCUT2D eigenvalue weighted by Crippen LogP contribution is 2.37. The predicted molar refractivity (Wildman–Crippen MR) is 84.7 cm³/mol. The Kier molecular flexibility index (Phi) is 5.49. The van der Waals surface area contributed by atoms with Crippen molar-refractivity contribution in [1.29, 1.82) is 0 Å². The molecule has 4 nitrogen and oxygen atoms in total. The number of hydrogen-bond acceptors (Lipinski definition) is 3. The molecule has 2 rings (SSSR count). The molecule has 0 spiro atoms. The molecule has 1 aromatic carbocycles. The predicted octanol–water partition coefficient (Wildman–Crippen LogP) is 2.65. The topological polar surface area (TPSA) is 42.5 Å². The summed E-state index contributed by atoms with van der Waals surface area (Å²) in [5, 5.41) is 7.24. The fourth-order valence-electron chi connectivity index (χ4n) is 1.80. The number of benzene rings is 1. The van der Waals surface area contributed by atoms with E-state index in [2.05, 4.69) is 17.2 Å². The molecule has 1 heterocycles. The Hall–Kier alpha value is -1.46. The number of nitrogens with one attached hydrogen (secondary N) is 2. The highest BCUT2D eigenvalue weighted by atomic mass is 35.5. The maximum atomic E-state index is 6.22. The van der Waals surface area contributed by atoms with Crippen LogP contribution in [0.1, 0.15) is 12.0 Å². The second kappa shape index (κ2) is 7.36. The molecule has 1 aliphatic heterocycles. The van der Waals surface area contributed by atoms with Crippen LogP contribution in [0.2, 0.25) is 5.02 Å². The number of hydrogen-bond donors (Lipinski definition) is 2. The molecule has 0 aromatic heterocycles. The Labute approximate surface area is 129 Å². The van der Waals surface area contributed by atoms with Crippen molar-refractivity contribution in [2.45, 2.75) is 13.0 Å². The quantitative estimate of drug-likeness (QED) is 0.661. The maximum Gasteiger partial charge on any atom is 0.179 e. The van der Waals surface area contributed by atoms with E-state index in [0.29, 0.717) is 47.9 Å². The monoisotopic (exact) mass is 312 g/mol. The average Bonchev–Trinajstić information content (AvgIpc) is 2.68. The van der Waals surface area contributed by atoms with Crippen LogP contribution in [0.3, 0.4) is 0 Å². The van der Waals surface area contributed by atoms with E-state index in [0.717, 1.165) is 12.0 Å². The lowest BCUT2D eigenvalue weighted by Gasteiger charge is -2.13. The normalized spacial score (nSPS) is 13.2. The van der Waals surface area contributed by atoms with Gasteiger partial charge in [-0.3, -0.25) is 0 Å². The van der Waals surface area contributed by atoms with Crippen molar-refractivity contribution >= 4 is 28.9 Å². The first-order valence-corrected chi connectivity index (χ1v) is 7.20. The van der Waals surface area contributed by atoms with Gasteiger partial charge in [0.2, 0.25) is 0 Å². The van der Waals surface area contributed by atoms with Crippen molar-refractivity contribution < 1.29 is 9.47 Å². The van der Waals surface area contributed by atoms with Gasteiger partial charge in [-0.2, -0.15) is 0 Å². The Balaban J connectivity index is 2.02. The molecular weight excluding hydrogens is 296 g/mol. The molecule has 0 radical (unpaired) electrons. The molecule has 2 N–H and O–H groups in total. The Morgan fingerprint density at radius 2 is 2.15 bits per heavy atom. The summed E-state index contributed by atoms with van der Waals surface area (Å²) >= 11 is 11.4. The third-order valence-electron chi connectivity index (χ3n) is 2.72. The van der Waals surface area contributed by atoms with E-state index in [-0.39, 0.29) is 0 Å². The van der Waals surface area contributed by atoms with Gasteiger partial charge in [0, 0.05) is 19.5 Å². The van der Waals surface area contributed by atoms with Crippen LogP contribution in [0.4, 0.5) is 0 Å². The molecule has 0 saturated heterocycles. The molecule has 0 amide bonds. The van der Waals surface area contributed by atoms with Crippen LogP contribution < -0.4 is 20.1 Å². The SMILES string of the molecule is C=CCNC(=S)NCc1cc(Cl)c2c(c1)OCCCO2. The van der Waals surface area contributed by atoms with Crippen molar-refractivity contribution in [3.63, 3.8) is 0 Å². The summed E-state index contributed by atoms with van der Waals surface area (Å²) in [6.07, 6.45) is 2.60. The van der Waals surface area contributed by atoms with E-state index in [1.165, 1.54) is 0 Å². The first-order chi connectivity index (χ1) is 9.70. The van der Waals surface area contributed by atoms with Crippen LogP contribution in [0, 0.1) is 0 Å². The van der Waals surface area contributed by atoms with Crippen molar-refractivity contribution in [1.82, 2.24) is 10.6 Å². The van der Waals surface area contributed by atoms with Gasteiger partial charge in [-0.25, -0.2) is 0 Å². The average molecular weight is 313 g/mol. The fourth-order valence-corrected chi connectivity index (χ4v) is 2.24. The molecule has 1 aliphatic rings. The lowest BCUT2D eigenvalue weighted by atomic mass is 10.2. The number of fused-ring (bicyclic) bond motifs is 1. The van der Waals surface area contributed by atoms with E-state index in [1.807, 2.05) is 12.1 Å². The second-order valence-electron chi connectivity index (χ2n) is 4.31. The van der Waals surface area contributed by atoms with Gasteiger partial charge in [-0.05, 0) is 29.9 Å². The van der Waals surface area contributed by atoms with Crippen LogP contribution >= 0.6 is 23.8 Å². The third-order valence-corrected chi connectivity index (χ3v) is 3.29. The first-order valence-electron chi connectivity index (χ1n) is 6.41. The van der Waals surface area contributed by atoms with Crippen LogP contribution in [0.15, 0.2) is 24.8 Å². The Morgan fingerprint density at radius 1 is 1.35 bits per heavy atom. The molecule has 6 heteroatoms. The Morgan fingerprint density at radius 3 is 2.95 bits per heavy atom. The van der Waals surface area contributed by atoms with Gasteiger partial charge in [-0.15, -0.1) is 6.58 Å². The van der Waals surface area contributed by atoms with E-state index in [4.69, 9.17) is 33.3 Å². The molecular formula is C14H17ClN2O2S. The van der Waals surface area contributed by atoms with E-state index in [9.17, 15) is 0 Å². The van der Waals surface area contributed by atoms with Crippen LogP contribution in [0.5, 0.6) is 11.5 Å². The molecule has 0 saturated carbocycles. The molecule has 0 bridgehead atoms. The van der Waals surface area contributed by atoms with Crippen molar-refractivity contribution in [3.05, 3.63) is 35.4 Å². The minimum absolute atomic E-state index is 0.561. The summed E-state index contributed by atoms with van der Waals surface area (Å²) in [7, 11) is 0. The summed E-state index contributed by atoms with van der Waals surface area (Å²) in [5.74, 6) is 1.32.